The summed E-state index contributed by atoms with van der Waals surface area (Å²) in [6.45, 7) is 5.84. The van der Waals surface area contributed by atoms with Crippen molar-refractivity contribution in [3.05, 3.63) is 47.5 Å². The predicted molar refractivity (Wildman–Crippen MR) is 79.2 cm³/mol. The van der Waals surface area contributed by atoms with Gasteiger partial charge in [-0.05, 0) is 60.4 Å². The molecule has 0 aliphatic rings. The Morgan fingerprint density at radius 2 is 1.40 bits per heavy atom. The molecule has 104 valence electrons. The summed E-state index contributed by atoms with van der Waals surface area (Å²) in [5.41, 5.74) is 2.98. The average Bonchev–Trinajstić information content (AvgIpc) is 2.41. The Hall–Kier alpha value is -2.36. The van der Waals surface area contributed by atoms with Crippen LogP contribution in [0, 0.1) is 6.92 Å². The molecular weight excluding hydrogens is 252 g/mol. The summed E-state index contributed by atoms with van der Waals surface area (Å²) in [6, 6.07) is 10.2. The van der Waals surface area contributed by atoms with Crippen LogP contribution in [0.25, 0.3) is 0 Å². The number of azo groups is 1. The molecule has 0 bridgehead atoms. The molecule has 2 N–H and O–H groups in total. The highest BCUT2D eigenvalue weighted by molar-refractivity contribution is 5.49. The number of nitrogens with zero attached hydrogens (tertiary/aromatic N) is 2. The Balaban J connectivity index is 2.27. The van der Waals surface area contributed by atoms with Crippen molar-refractivity contribution >= 4 is 11.4 Å². The van der Waals surface area contributed by atoms with Gasteiger partial charge in [0.05, 0.1) is 11.4 Å². The highest BCUT2D eigenvalue weighted by atomic mass is 16.3. The van der Waals surface area contributed by atoms with Crippen LogP contribution in [0.5, 0.6) is 11.5 Å². The largest absolute Gasteiger partial charge is 0.508 e. The summed E-state index contributed by atoms with van der Waals surface area (Å²) in [7, 11) is 0. The van der Waals surface area contributed by atoms with Crippen LogP contribution in [0.3, 0.4) is 0 Å². The summed E-state index contributed by atoms with van der Waals surface area (Å²) in [4.78, 5) is 0. The highest BCUT2D eigenvalue weighted by Gasteiger charge is 2.06. The van der Waals surface area contributed by atoms with E-state index in [1.807, 2.05) is 26.8 Å². The van der Waals surface area contributed by atoms with Gasteiger partial charge in [-0.1, -0.05) is 13.8 Å². The summed E-state index contributed by atoms with van der Waals surface area (Å²) in [6.07, 6.45) is 0. The Morgan fingerprint density at radius 1 is 0.850 bits per heavy atom. The second-order valence-electron chi connectivity index (χ2n) is 5.07. The fourth-order valence-corrected chi connectivity index (χ4v) is 1.88. The van der Waals surface area contributed by atoms with Gasteiger partial charge in [-0.2, -0.15) is 10.2 Å². The molecule has 0 atom stereocenters. The normalized spacial score (nSPS) is 11.4. The lowest BCUT2D eigenvalue weighted by molar-refractivity contribution is 0.465. The van der Waals surface area contributed by atoms with E-state index >= 15 is 0 Å². The molecule has 0 aliphatic heterocycles. The van der Waals surface area contributed by atoms with Gasteiger partial charge in [0, 0.05) is 0 Å². The Labute approximate surface area is 118 Å². The van der Waals surface area contributed by atoms with Crippen molar-refractivity contribution in [1.29, 1.82) is 0 Å². The number of phenols is 2. The van der Waals surface area contributed by atoms with Gasteiger partial charge >= 0.3 is 0 Å². The molecule has 20 heavy (non-hydrogen) atoms. The molecule has 2 aromatic carbocycles. The molecule has 2 rings (SSSR count). The first-order valence-electron chi connectivity index (χ1n) is 6.51. The number of phenolic OH excluding ortho intramolecular Hbond substituents is 2. The zero-order chi connectivity index (χ0) is 14.7. The highest BCUT2D eigenvalue weighted by Crippen LogP contribution is 2.30. The number of rotatable bonds is 3. The maximum absolute atomic E-state index is 9.76. The zero-order valence-electron chi connectivity index (χ0n) is 11.8. The molecule has 2 aromatic rings. The molecule has 0 saturated carbocycles. The molecule has 0 fully saturated rings. The Morgan fingerprint density at radius 3 is 1.95 bits per heavy atom. The molecule has 0 spiro atoms. The molecular formula is C16H18N2O2. The van der Waals surface area contributed by atoms with Crippen molar-refractivity contribution in [2.75, 3.05) is 0 Å². The quantitative estimate of drug-likeness (QED) is 0.775. The van der Waals surface area contributed by atoms with E-state index in [9.17, 15) is 10.2 Å². The number of benzene rings is 2. The van der Waals surface area contributed by atoms with E-state index < -0.39 is 0 Å². The van der Waals surface area contributed by atoms with Crippen molar-refractivity contribution < 1.29 is 10.2 Å². The minimum atomic E-state index is 0.223. The zero-order valence-corrected chi connectivity index (χ0v) is 11.8. The van der Waals surface area contributed by atoms with Crippen LogP contribution in [0.4, 0.5) is 11.4 Å². The first kappa shape index (κ1) is 14.1. The van der Waals surface area contributed by atoms with Gasteiger partial charge in [0.2, 0.25) is 0 Å². The summed E-state index contributed by atoms with van der Waals surface area (Å²) in [5, 5.41) is 27.5. The molecule has 0 aliphatic carbocycles. The Bertz CT molecular complexity index is 649. The van der Waals surface area contributed by atoms with Crippen molar-refractivity contribution in [1.82, 2.24) is 0 Å². The smallest absolute Gasteiger partial charge is 0.119 e. The first-order valence-corrected chi connectivity index (χ1v) is 6.51. The second-order valence-corrected chi connectivity index (χ2v) is 5.07. The minimum absolute atomic E-state index is 0.223. The Kier molecular flexibility index (Phi) is 4.03. The standard InChI is InChI=1S/C16H18N2O2/c1-10(2)14-9-13(5-7-16(14)20)18-17-12-4-6-15(19)11(3)8-12/h4-10,19-20H,1-3H3. The van der Waals surface area contributed by atoms with Crippen LogP contribution in [0.15, 0.2) is 46.6 Å². The maximum atomic E-state index is 9.76. The van der Waals surface area contributed by atoms with E-state index in [0.717, 1.165) is 11.1 Å². The van der Waals surface area contributed by atoms with E-state index in [1.165, 1.54) is 0 Å². The van der Waals surface area contributed by atoms with E-state index in [-0.39, 0.29) is 17.4 Å². The number of aryl methyl sites for hydroxylation is 1. The van der Waals surface area contributed by atoms with Gasteiger partial charge < -0.3 is 10.2 Å². The lowest BCUT2D eigenvalue weighted by Crippen LogP contribution is -1.86. The van der Waals surface area contributed by atoms with Crippen molar-refractivity contribution in [2.24, 2.45) is 10.2 Å². The molecule has 4 heteroatoms. The molecule has 0 radical (unpaired) electrons. The number of hydrogen-bond acceptors (Lipinski definition) is 4. The summed E-state index contributed by atoms with van der Waals surface area (Å²) in [5.74, 6) is 0.746. The average molecular weight is 270 g/mol. The fourth-order valence-electron chi connectivity index (χ4n) is 1.88. The SMILES string of the molecule is Cc1cc(N=Nc2ccc(O)c(C(C)C)c2)ccc1O. The molecule has 0 amide bonds. The fraction of sp³-hybridized carbons (Fsp3) is 0.250. The topological polar surface area (TPSA) is 65.2 Å². The second kappa shape index (κ2) is 5.74. The lowest BCUT2D eigenvalue weighted by atomic mass is 10.0. The van der Waals surface area contributed by atoms with Crippen LogP contribution in [0.2, 0.25) is 0 Å². The van der Waals surface area contributed by atoms with Crippen molar-refractivity contribution in [3.8, 4) is 11.5 Å². The predicted octanol–water partition coefficient (Wildman–Crippen LogP) is 4.95. The third-order valence-electron chi connectivity index (χ3n) is 3.09. The molecule has 4 nitrogen and oxygen atoms in total. The van der Waals surface area contributed by atoms with Crippen LogP contribution in [0.1, 0.15) is 30.9 Å². The maximum Gasteiger partial charge on any atom is 0.119 e. The molecule has 0 unspecified atom stereocenters. The third-order valence-corrected chi connectivity index (χ3v) is 3.09. The van der Waals surface area contributed by atoms with Gasteiger partial charge in [-0.3, -0.25) is 0 Å². The number of aromatic hydroxyl groups is 2. The van der Waals surface area contributed by atoms with E-state index in [1.54, 1.807) is 30.3 Å². The monoisotopic (exact) mass is 270 g/mol. The number of hydrogen-bond donors (Lipinski definition) is 2. The van der Waals surface area contributed by atoms with Crippen LogP contribution in [-0.2, 0) is 0 Å². The van der Waals surface area contributed by atoms with E-state index in [0.29, 0.717) is 11.4 Å². The van der Waals surface area contributed by atoms with Gasteiger partial charge in [0.1, 0.15) is 11.5 Å². The van der Waals surface area contributed by atoms with Crippen molar-refractivity contribution in [2.45, 2.75) is 26.7 Å². The van der Waals surface area contributed by atoms with Gasteiger partial charge in [-0.25, -0.2) is 0 Å². The van der Waals surface area contributed by atoms with Crippen LogP contribution < -0.4 is 0 Å². The van der Waals surface area contributed by atoms with Gasteiger partial charge in [-0.15, -0.1) is 0 Å². The van der Waals surface area contributed by atoms with E-state index in [2.05, 4.69) is 10.2 Å². The summed E-state index contributed by atoms with van der Waals surface area (Å²) < 4.78 is 0. The van der Waals surface area contributed by atoms with Gasteiger partial charge in [0.15, 0.2) is 0 Å². The van der Waals surface area contributed by atoms with Gasteiger partial charge in [0.25, 0.3) is 0 Å². The molecule has 0 heterocycles. The first-order chi connectivity index (χ1) is 9.47. The van der Waals surface area contributed by atoms with Crippen molar-refractivity contribution in [3.63, 3.8) is 0 Å². The summed E-state index contributed by atoms with van der Waals surface area (Å²) >= 11 is 0. The third kappa shape index (κ3) is 3.15. The van der Waals surface area contributed by atoms with Crippen LogP contribution >= 0.6 is 0 Å². The van der Waals surface area contributed by atoms with E-state index in [4.69, 9.17) is 0 Å². The lowest BCUT2D eigenvalue weighted by Gasteiger charge is -2.08. The van der Waals surface area contributed by atoms with Crippen LogP contribution in [-0.4, -0.2) is 10.2 Å². The molecule has 0 aromatic heterocycles. The molecule has 0 saturated heterocycles. The minimum Gasteiger partial charge on any atom is -0.508 e.